The first-order valence-electron chi connectivity index (χ1n) is 7.71. The molecule has 1 heterocycles. The van der Waals surface area contributed by atoms with Gasteiger partial charge in [-0.3, -0.25) is 0 Å². The van der Waals surface area contributed by atoms with Gasteiger partial charge in [-0.2, -0.15) is 0 Å². The van der Waals surface area contributed by atoms with E-state index in [0.717, 1.165) is 44.8 Å². The first-order chi connectivity index (χ1) is 9.59. The third-order valence-corrected chi connectivity index (χ3v) is 3.01. The monoisotopic (exact) mass is 279 g/mol. The summed E-state index contributed by atoms with van der Waals surface area (Å²) in [5.41, 5.74) is 1.19. The van der Waals surface area contributed by atoms with Gasteiger partial charge in [-0.25, -0.2) is 9.97 Å². The standard InChI is InChI=1S/C16H29N3O/c1-13(2)16-18-11-15(12-19-16)7-5-9-20-10-6-8-17-14(3)4/h11-14,17H,5-10H2,1-4H3. The molecule has 0 spiro atoms. The third-order valence-electron chi connectivity index (χ3n) is 3.01. The maximum absolute atomic E-state index is 5.62. The molecule has 0 aliphatic heterocycles. The zero-order valence-electron chi connectivity index (χ0n) is 13.4. The average Bonchev–Trinajstić information content (AvgIpc) is 2.42. The fourth-order valence-corrected chi connectivity index (χ4v) is 1.84. The van der Waals surface area contributed by atoms with Crippen LogP contribution < -0.4 is 5.32 Å². The van der Waals surface area contributed by atoms with Crippen LogP contribution in [0.15, 0.2) is 12.4 Å². The quantitative estimate of drug-likeness (QED) is 0.669. The molecule has 0 fully saturated rings. The average molecular weight is 279 g/mol. The van der Waals surface area contributed by atoms with Crippen molar-refractivity contribution in [2.24, 2.45) is 0 Å². The van der Waals surface area contributed by atoms with E-state index in [1.807, 2.05) is 12.4 Å². The molecule has 4 heteroatoms. The van der Waals surface area contributed by atoms with Crippen LogP contribution in [0.4, 0.5) is 0 Å². The molecule has 0 aliphatic carbocycles. The zero-order chi connectivity index (χ0) is 14.8. The summed E-state index contributed by atoms with van der Waals surface area (Å²) >= 11 is 0. The van der Waals surface area contributed by atoms with Crippen molar-refractivity contribution in [2.75, 3.05) is 19.8 Å². The minimum atomic E-state index is 0.395. The number of aryl methyl sites for hydroxylation is 1. The van der Waals surface area contributed by atoms with Crippen molar-refractivity contribution in [1.29, 1.82) is 0 Å². The Morgan fingerprint density at radius 3 is 2.30 bits per heavy atom. The lowest BCUT2D eigenvalue weighted by Crippen LogP contribution is -2.24. The SMILES string of the molecule is CC(C)NCCCOCCCc1cnc(C(C)C)nc1. The molecule has 0 unspecified atom stereocenters. The summed E-state index contributed by atoms with van der Waals surface area (Å²) in [7, 11) is 0. The van der Waals surface area contributed by atoms with Crippen molar-refractivity contribution in [3.8, 4) is 0 Å². The van der Waals surface area contributed by atoms with Crippen LogP contribution in [0.5, 0.6) is 0 Å². The van der Waals surface area contributed by atoms with Crippen molar-refractivity contribution in [2.45, 2.75) is 58.9 Å². The van der Waals surface area contributed by atoms with Crippen molar-refractivity contribution >= 4 is 0 Å². The first kappa shape index (κ1) is 17.1. The maximum Gasteiger partial charge on any atom is 0.130 e. The van der Waals surface area contributed by atoms with Gasteiger partial charge in [0.05, 0.1) is 0 Å². The van der Waals surface area contributed by atoms with E-state index in [-0.39, 0.29) is 0 Å². The summed E-state index contributed by atoms with van der Waals surface area (Å²) in [6.07, 6.45) is 6.97. The molecule has 0 saturated heterocycles. The molecule has 20 heavy (non-hydrogen) atoms. The second-order valence-corrected chi connectivity index (χ2v) is 5.78. The molecule has 1 aromatic heterocycles. The Hall–Kier alpha value is -1.00. The fraction of sp³-hybridized carbons (Fsp3) is 0.750. The summed E-state index contributed by atoms with van der Waals surface area (Å²) in [5.74, 6) is 1.31. The molecule has 1 aromatic rings. The fourth-order valence-electron chi connectivity index (χ4n) is 1.84. The maximum atomic E-state index is 5.62. The molecule has 0 atom stereocenters. The highest BCUT2D eigenvalue weighted by atomic mass is 16.5. The molecule has 0 aromatic carbocycles. The van der Waals surface area contributed by atoms with Crippen LogP contribution in [0.3, 0.4) is 0 Å². The molecule has 0 bridgehead atoms. The van der Waals surface area contributed by atoms with Crippen molar-refractivity contribution < 1.29 is 4.74 Å². The van der Waals surface area contributed by atoms with Gasteiger partial charge in [0.25, 0.3) is 0 Å². The van der Waals surface area contributed by atoms with Crippen LogP contribution in [0.2, 0.25) is 0 Å². The van der Waals surface area contributed by atoms with Gasteiger partial charge in [0, 0.05) is 37.6 Å². The molecule has 1 rings (SSSR count). The van der Waals surface area contributed by atoms with Crippen LogP contribution in [-0.2, 0) is 11.2 Å². The Labute approximate surface area is 123 Å². The number of hydrogen-bond acceptors (Lipinski definition) is 4. The molecule has 0 radical (unpaired) electrons. The minimum Gasteiger partial charge on any atom is -0.381 e. The van der Waals surface area contributed by atoms with E-state index < -0.39 is 0 Å². The molecule has 0 amide bonds. The van der Waals surface area contributed by atoms with Gasteiger partial charge < -0.3 is 10.1 Å². The first-order valence-corrected chi connectivity index (χ1v) is 7.71. The van der Waals surface area contributed by atoms with Crippen LogP contribution in [-0.4, -0.2) is 35.8 Å². The minimum absolute atomic E-state index is 0.395. The van der Waals surface area contributed by atoms with E-state index in [2.05, 4.69) is 43.0 Å². The number of nitrogens with zero attached hydrogens (tertiary/aromatic N) is 2. The molecule has 0 saturated carbocycles. The molecule has 1 N–H and O–H groups in total. The van der Waals surface area contributed by atoms with Crippen LogP contribution >= 0.6 is 0 Å². The number of nitrogens with one attached hydrogen (secondary N) is 1. The van der Waals surface area contributed by atoms with Crippen LogP contribution in [0.25, 0.3) is 0 Å². The summed E-state index contributed by atoms with van der Waals surface area (Å²) in [6.45, 7) is 11.2. The normalized spacial score (nSPS) is 11.5. The topological polar surface area (TPSA) is 47.0 Å². The molecular formula is C16H29N3O. The Morgan fingerprint density at radius 1 is 1.05 bits per heavy atom. The molecular weight excluding hydrogens is 250 g/mol. The highest BCUT2D eigenvalue weighted by Gasteiger charge is 2.02. The Morgan fingerprint density at radius 2 is 1.70 bits per heavy atom. The largest absolute Gasteiger partial charge is 0.381 e. The Bertz CT molecular complexity index is 349. The summed E-state index contributed by atoms with van der Waals surface area (Å²) in [6, 6.07) is 0.559. The molecule has 114 valence electrons. The second-order valence-electron chi connectivity index (χ2n) is 5.78. The van der Waals surface area contributed by atoms with E-state index in [9.17, 15) is 0 Å². The van der Waals surface area contributed by atoms with Crippen molar-refractivity contribution in [3.63, 3.8) is 0 Å². The van der Waals surface area contributed by atoms with Gasteiger partial charge in [-0.1, -0.05) is 27.7 Å². The van der Waals surface area contributed by atoms with Gasteiger partial charge >= 0.3 is 0 Å². The number of ether oxygens (including phenoxy) is 1. The van der Waals surface area contributed by atoms with Crippen molar-refractivity contribution in [1.82, 2.24) is 15.3 Å². The van der Waals surface area contributed by atoms with Crippen molar-refractivity contribution in [3.05, 3.63) is 23.8 Å². The lowest BCUT2D eigenvalue weighted by atomic mass is 10.2. The van der Waals surface area contributed by atoms with E-state index >= 15 is 0 Å². The predicted molar refractivity (Wildman–Crippen MR) is 83.0 cm³/mol. The van der Waals surface area contributed by atoms with E-state index in [4.69, 9.17) is 4.74 Å². The van der Waals surface area contributed by atoms with Gasteiger partial charge in [-0.15, -0.1) is 0 Å². The van der Waals surface area contributed by atoms with Crippen LogP contribution in [0.1, 0.15) is 57.8 Å². The summed E-state index contributed by atoms with van der Waals surface area (Å²) in [4.78, 5) is 8.75. The lowest BCUT2D eigenvalue weighted by molar-refractivity contribution is 0.129. The van der Waals surface area contributed by atoms with Gasteiger partial charge in [0.1, 0.15) is 5.82 Å². The van der Waals surface area contributed by atoms with E-state index in [1.54, 1.807) is 0 Å². The lowest BCUT2D eigenvalue weighted by Gasteiger charge is -2.08. The van der Waals surface area contributed by atoms with E-state index in [0.29, 0.717) is 12.0 Å². The van der Waals surface area contributed by atoms with Gasteiger partial charge in [0.2, 0.25) is 0 Å². The second kappa shape index (κ2) is 9.83. The zero-order valence-corrected chi connectivity index (χ0v) is 13.4. The smallest absolute Gasteiger partial charge is 0.130 e. The Kier molecular flexibility index (Phi) is 8.38. The highest BCUT2D eigenvalue weighted by Crippen LogP contribution is 2.08. The highest BCUT2D eigenvalue weighted by molar-refractivity contribution is 5.06. The predicted octanol–water partition coefficient (Wildman–Crippen LogP) is 2.94. The number of aromatic nitrogens is 2. The number of hydrogen-bond donors (Lipinski definition) is 1. The van der Waals surface area contributed by atoms with Crippen LogP contribution in [0, 0.1) is 0 Å². The van der Waals surface area contributed by atoms with E-state index in [1.165, 1.54) is 5.56 Å². The van der Waals surface area contributed by atoms with Gasteiger partial charge in [0.15, 0.2) is 0 Å². The summed E-state index contributed by atoms with van der Waals surface area (Å²) in [5, 5.41) is 3.38. The molecule has 4 nitrogen and oxygen atoms in total. The third kappa shape index (κ3) is 7.56. The van der Waals surface area contributed by atoms with Gasteiger partial charge in [-0.05, 0) is 31.4 Å². The summed E-state index contributed by atoms with van der Waals surface area (Å²) < 4.78 is 5.62. The molecule has 0 aliphatic rings. The number of rotatable bonds is 10. The Balaban J connectivity index is 2.03.